The number of nitrogens with zero attached hydrogens (tertiary/aromatic N) is 1. The van der Waals surface area contributed by atoms with Crippen LogP contribution in [0.2, 0.25) is 0 Å². The molecule has 3 heteroatoms. The summed E-state index contributed by atoms with van der Waals surface area (Å²) in [6.45, 7) is 5.95. The molecule has 1 aliphatic heterocycles. The van der Waals surface area contributed by atoms with Crippen molar-refractivity contribution in [3.05, 3.63) is 34.3 Å². The molecule has 1 aliphatic rings. The van der Waals surface area contributed by atoms with Crippen LogP contribution in [0.5, 0.6) is 0 Å². The second kappa shape index (κ2) is 7.41. The van der Waals surface area contributed by atoms with Gasteiger partial charge in [0.1, 0.15) is 0 Å². The Bertz CT molecular complexity index is 394. The van der Waals surface area contributed by atoms with Crippen LogP contribution >= 0.6 is 15.9 Å². The first kappa shape index (κ1) is 15.0. The van der Waals surface area contributed by atoms with Crippen LogP contribution in [0, 0.1) is 5.92 Å². The quantitative estimate of drug-likeness (QED) is 0.858. The van der Waals surface area contributed by atoms with Crippen molar-refractivity contribution in [1.29, 1.82) is 0 Å². The molecular weight excluding hydrogens is 300 g/mol. The van der Waals surface area contributed by atoms with Gasteiger partial charge in [-0.15, -0.1) is 0 Å². The minimum atomic E-state index is 0.155. The van der Waals surface area contributed by atoms with E-state index in [2.05, 4.69) is 46.0 Å². The summed E-state index contributed by atoms with van der Waals surface area (Å²) < 4.78 is 1.12. The fourth-order valence-corrected chi connectivity index (χ4v) is 3.40. The lowest BCUT2D eigenvalue weighted by Gasteiger charge is -2.19. The van der Waals surface area contributed by atoms with E-state index in [4.69, 9.17) is 5.73 Å². The van der Waals surface area contributed by atoms with E-state index in [0.717, 1.165) is 23.4 Å². The summed E-state index contributed by atoms with van der Waals surface area (Å²) in [5.74, 6) is 0.923. The van der Waals surface area contributed by atoms with Crippen molar-refractivity contribution >= 4 is 15.9 Å². The molecule has 2 unspecified atom stereocenters. The minimum Gasteiger partial charge on any atom is -0.324 e. The zero-order valence-electron chi connectivity index (χ0n) is 11.8. The van der Waals surface area contributed by atoms with Gasteiger partial charge in [0.25, 0.3) is 0 Å². The summed E-state index contributed by atoms with van der Waals surface area (Å²) in [5, 5.41) is 0. The SMILES string of the molecule is CCCC1CCN(CCC(N)c2cccc(Br)c2)C1. The third-order valence-electron chi connectivity index (χ3n) is 4.10. The largest absolute Gasteiger partial charge is 0.324 e. The van der Waals surface area contributed by atoms with E-state index in [9.17, 15) is 0 Å². The van der Waals surface area contributed by atoms with Crippen LogP contribution in [0.4, 0.5) is 0 Å². The topological polar surface area (TPSA) is 29.3 Å². The highest BCUT2D eigenvalue weighted by Gasteiger charge is 2.21. The van der Waals surface area contributed by atoms with E-state index >= 15 is 0 Å². The summed E-state index contributed by atoms with van der Waals surface area (Å²) >= 11 is 3.51. The van der Waals surface area contributed by atoms with Crippen LogP contribution in [0.25, 0.3) is 0 Å². The molecule has 0 radical (unpaired) electrons. The Kier molecular flexibility index (Phi) is 5.86. The smallest absolute Gasteiger partial charge is 0.0307 e. The Balaban J connectivity index is 1.76. The maximum absolute atomic E-state index is 6.29. The van der Waals surface area contributed by atoms with Crippen molar-refractivity contribution in [2.75, 3.05) is 19.6 Å². The third-order valence-corrected chi connectivity index (χ3v) is 4.59. The number of benzene rings is 1. The van der Waals surface area contributed by atoms with Gasteiger partial charge in [-0.1, -0.05) is 41.4 Å². The molecule has 0 aromatic heterocycles. The lowest BCUT2D eigenvalue weighted by molar-refractivity contribution is 0.306. The van der Waals surface area contributed by atoms with Gasteiger partial charge in [-0.05, 0) is 56.0 Å². The Morgan fingerprint density at radius 1 is 1.47 bits per heavy atom. The van der Waals surface area contributed by atoms with Gasteiger partial charge in [0, 0.05) is 17.1 Å². The molecular formula is C16H25BrN2. The molecule has 0 bridgehead atoms. The van der Waals surface area contributed by atoms with Gasteiger partial charge in [-0.2, -0.15) is 0 Å². The van der Waals surface area contributed by atoms with Gasteiger partial charge >= 0.3 is 0 Å². The number of nitrogens with two attached hydrogens (primary N) is 1. The van der Waals surface area contributed by atoms with Crippen LogP contribution in [-0.4, -0.2) is 24.5 Å². The lowest BCUT2D eigenvalue weighted by Crippen LogP contribution is -2.25. The van der Waals surface area contributed by atoms with Gasteiger partial charge in [0.15, 0.2) is 0 Å². The van der Waals surface area contributed by atoms with Crippen molar-refractivity contribution in [2.45, 2.75) is 38.6 Å². The summed E-state index contributed by atoms with van der Waals surface area (Å²) in [4.78, 5) is 2.58. The average Bonchev–Trinajstić information content (AvgIpc) is 2.84. The Labute approximate surface area is 125 Å². The first-order chi connectivity index (χ1) is 9.19. The molecule has 0 spiro atoms. The normalized spacial score (nSPS) is 21.7. The molecule has 1 heterocycles. The molecule has 106 valence electrons. The van der Waals surface area contributed by atoms with Gasteiger partial charge in [0.2, 0.25) is 0 Å². The molecule has 2 atom stereocenters. The molecule has 0 amide bonds. The van der Waals surface area contributed by atoms with E-state index in [1.807, 2.05) is 6.07 Å². The van der Waals surface area contributed by atoms with Gasteiger partial charge < -0.3 is 10.6 Å². The minimum absolute atomic E-state index is 0.155. The number of rotatable bonds is 6. The van der Waals surface area contributed by atoms with E-state index in [1.54, 1.807) is 0 Å². The van der Waals surface area contributed by atoms with E-state index in [-0.39, 0.29) is 6.04 Å². The highest BCUT2D eigenvalue weighted by Crippen LogP contribution is 2.23. The lowest BCUT2D eigenvalue weighted by atomic mass is 10.0. The summed E-state index contributed by atoms with van der Waals surface area (Å²) in [6.07, 6.45) is 5.12. The van der Waals surface area contributed by atoms with Crippen molar-refractivity contribution in [1.82, 2.24) is 4.90 Å². The van der Waals surface area contributed by atoms with E-state index < -0.39 is 0 Å². The predicted octanol–water partition coefficient (Wildman–Crippen LogP) is 3.96. The zero-order chi connectivity index (χ0) is 13.7. The Hall–Kier alpha value is -0.380. The maximum atomic E-state index is 6.29. The molecule has 19 heavy (non-hydrogen) atoms. The number of hydrogen-bond donors (Lipinski definition) is 1. The highest BCUT2D eigenvalue weighted by molar-refractivity contribution is 9.10. The zero-order valence-corrected chi connectivity index (χ0v) is 13.4. The van der Waals surface area contributed by atoms with Crippen molar-refractivity contribution < 1.29 is 0 Å². The maximum Gasteiger partial charge on any atom is 0.0307 e. The first-order valence-electron chi connectivity index (χ1n) is 7.42. The number of halogens is 1. The van der Waals surface area contributed by atoms with Crippen LogP contribution < -0.4 is 5.73 Å². The second-order valence-electron chi connectivity index (χ2n) is 5.69. The summed E-state index contributed by atoms with van der Waals surface area (Å²) in [6, 6.07) is 8.52. The molecule has 1 fully saturated rings. The molecule has 1 aromatic rings. The predicted molar refractivity (Wildman–Crippen MR) is 85.1 cm³/mol. The summed E-state index contributed by atoms with van der Waals surface area (Å²) in [7, 11) is 0. The van der Waals surface area contributed by atoms with Gasteiger partial charge in [-0.25, -0.2) is 0 Å². The van der Waals surface area contributed by atoms with Crippen LogP contribution in [0.15, 0.2) is 28.7 Å². The summed E-state index contributed by atoms with van der Waals surface area (Å²) in [5.41, 5.74) is 7.52. The van der Waals surface area contributed by atoms with Crippen LogP contribution in [-0.2, 0) is 0 Å². The Morgan fingerprint density at radius 2 is 2.32 bits per heavy atom. The molecule has 2 nitrogen and oxygen atoms in total. The van der Waals surface area contributed by atoms with Crippen molar-refractivity contribution in [3.63, 3.8) is 0 Å². The molecule has 2 rings (SSSR count). The van der Waals surface area contributed by atoms with Crippen LogP contribution in [0.1, 0.15) is 44.2 Å². The fourth-order valence-electron chi connectivity index (χ4n) is 2.99. The monoisotopic (exact) mass is 324 g/mol. The molecule has 0 saturated carbocycles. The number of likely N-dealkylation sites (tertiary alicyclic amines) is 1. The van der Waals surface area contributed by atoms with Gasteiger partial charge in [-0.3, -0.25) is 0 Å². The Morgan fingerprint density at radius 3 is 3.05 bits per heavy atom. The highest BCUT2D eigenvalue weighted by atomic mass is 79.9. The third kappa shape index (κ3) is 4.59. The molecule has 0 aliphatic carbocycles. The van der Waals surface area contributed by atoms with Crippen molar-refractivity contribution in [3.8, 4) is 0 Å². The second-order valence-corrected chi connectivity index (χ2v) is 6.61. The van der Waals surface area contributed by atoms with Crippen LogP contribution in [0.3, 0.4) is 0 Å². The molecule has 1 saturated heterocycles. The first-order valence-corrected chi connectivity index (χ1v) is 8.21. The number of hydrogen-bond acceptors (Lipinski definition) is 2. The standard InChI is InChI=1S/C16H25BrN2/c1-2-4-13-7-9-19(12-13)10-8-16(18)14-5-3-6-15(17)11-14/h3,5-6,11,13,16H,2,4,7-10,12,18H2,1H3. The van der Waals surface area contributed by atoms with Crippen molar-refractivity contribution in [2.24, 2.45) is 11.7 Å². The van der Waals surface area contributed by atoms with E-state index in [0.29, 0.717) is 0 Å². The van der Waals surface area contributed by atoms with E-state index in [1.165, 1.54) is 37.9 Å². The van der Waals surface area contributed by atoms with Gasteiger partial charge in [0.05, 0.1) is 0 Å². The average molecular weight is 325 g/mol. The molecule has 1 aromatic carbocycles. The molecule has 2 N–H and O–H groups in total. The fraction of sp³-hybridized carbons (Fsp3) is 0.625.